The fourth-order valence-corrected chi connectivity index (χ4v) is 6.04. The number of rotatable bonds is 17. The Labute approximate surface area is 249 Å². The SMILES string of the molecule is CCCCCCCCN1CCN(c2ccc(S(=O)(=O)Nc3ccc(CCNCC(O)c4cc(C)no4)cc3)cc2)C1=O. The third kappa shape index (κ3) is 8.80. The molecule has 10 nitrogen and oxygen atoms in total. The van der Waals surface area contributed by atoms with Crippen LogP contribution >= 0.6 is 0 Å². The topological polar surface area (TPSA) is 128 Å². The minimum atomic E-state index is -3.79. The summed E-state index contributed by atoms with van der Waals surface area (Å²) >= 11 is 0. The van der Waals surface area contributed by atoms with E-state index >= 15 is 0 Å². The molecule has 0 spiro atoms. The average molecular weight is 598 g/mol. The van der Waals surface area contributed by atoms with E-state index in [-0.39, 0.29) is 10.9 Å². The van der Waals surface area contributed by atoms with Crippen LogP contribution in [0.5, 0.6) is 0 Å². The maximum atomic E-state index is 13.0. The Morgan fingerprint density at radius 2 is 1.71 bits per heavy atom. The standard InChI is InChI=1S/C31H43N5O5S/c1-3-4-5-6-7-8-19-35-20-21-36(31(35)38)27-13-15-28(16-14-27)42(39,40)34-26-11-9-25(10-12-26)17-18-32-23-29(37)30-22-24(2)33-41-30/h9-16,22,29,32,34,37H,3-8,17-21,23H2,1-2H3. The predicted octanol–water partition coefficient (Wildman–Crippen LogP) is 5.25. The number of benzene rings is 2. The zero-order valence-corrected chi connectivity index (χ0v) is 25.4. The van der Waals surface area contributed by atoms with Crippen molar-refractivity contribution < 1.29 is 22.8 Å². The van der Waals surface area contributed by atoms with Crippen LogP contribution in [0.15, 0.2) is 64.0 Å². The lowest BCUT2D eigenvalue weighted by Crippen LogP contribution is -2.32. The van der Waals surface area contributed by atoms with Crippen molar-refractivity contribution >= 4 is 27.4 Å². The van der Waals surface area contributed by atoms with E-state index in [0.29, 0.717) is 49.7 Å². The van der Waals surface area contributed by atoms with Crippen molar-refractivity contribution in [2.45, 2.75) is 69.8 Å². The fraction of sp³-hybridized carbons (Fsp3) is 0.484. The average Bonchev–Trinajstić information content (AvgIpc) is 3.59. The predicted molar refractivity (Wildman–Crippen MR) is 164 cm³/mol. The highest BCUT2D eigenvalue weighted by atomic mass is 32.2. The first-order chi connectivity index (χ1) is 20.3. The summed E-state index contributed by atoms with van der Waals surface area (Å²) in [7, 11) is -3.79. The molecule has 2 aromatic carbocycles. The molecule has 1 aliphatic heterocycles. The molecule has 1 aromatic heterocycles. The highest BCUT2D eigenvalue weighted by Crippen LogP contribution is 2.24. The van der Waals surface area contributed by atoms with Gasteiger partial charge in [-0.25, -0.2) is 13.2 Å². The molecule has 3 aromatic rings. The number of nitrogens with zero attached hydrogens (tertiary/aromatic N) is 3. The van der Waals surface area contributed by atoms with Gasteiger partial charge in [0.05, 0.1) is 10.6 Å². The molecule has 4 rings (SSSR count). The van der Waals surface area contributed by atoms with Crippen molar-refractivity contribution in [2.24, 2.45) is 0 Å². The molecule has 0 aliphatic carbocycles. The van der Waals surface area contributed by atoms with Gasteiger partial charge in [-0.05, 0) is 68.3 Å². The van der Waals surface area contributed by atoms with Gasteiger partial charge in [0.2, 0.25) is 0 Å². The first kappa shape index (κ1) is 31.5. The lowest BCUT2D eigenvalue weighted by atomic mass is 10.1. The van der Waals surface area contributed by atoms with Crippen LogP contribution in [0.1, 0.15) is 68.6 Å². The number of aryl methyl sites for hydroxylation is 1. The van der Waals surface area contributed by atoms with E-state index in [1.54, 1.807) is 42.2 Å². The molecule has 11 heteroatoms. The summed E-state index contributed by atoms with van der Waals surface area (Å²) in [5.74, 6) is 0.432. The summed E-state index contributed by atoms with van der Waals surface area (Å²) in [6, 6.07) is 15.3. The summed E-state index contributed by atoms with van der Waals surface area (Å²) in [4.78, 5) is 16.6. The number of nitrogens with one attached hydrogen (secondary N) is 2. The number of unbranched alkanes of at least 4 members (excludes halogenated alkanes) is 5. The Hall–Kier alpha value is -3.41. The largest absolute Gasteiger partial charge is 0.384 e. The quantitative estimate of drug-likeness (QED) is 0.181. The lowest BCUT2D eigenvalue weighted by Gasteiger charge is -2.19. The Morgan fingerprint density at radius 3 is 2.40 bits per heavy atom. The number of aromatic nitrogens is 1. The molecule has 1 fully saturated rings. The Balaban J connectivity index is 1.22. The molecule has 1 unspecified atom stereocenters. The van der Waals surface area contributed by atoms with E-state index in [0.717, 1.165) is 30.6 Å². The molecule has 2 heterocycles. The van der Waals surface area contributed by atoms with Crippen molar-refractivity contribution in [1.29, 1.82) is 0 Å². The normalized spacial score (nSPS) is 14.5. The van der Waals surface area contributed by atoms with Gasteiger partial charge in [-0.2, -0.15) is 0 Å². The Bertz CT molecular complexity index is 1380. The zero-order chi connectivity index (χ0) is 30.0. The number of amides is 2. The summed E-state index contributed by atoms with van der Waals surface area (Å²) in [6.45, 7) is 7.03. The number of hydrogen-bond acceptors (Lipinski definition) is 7. The van der Waals surface area contributed by atoms with Crippen LogP contribution in [0.4, 0.5) is 16.2 Å². The monoisotopic (exact) mass is 597 g/mol. The van der Waals surface area contributed by atoms with Crippen molar-refractivity contribution in [3.8, 4) is 0 Å². The smallest absolute Gasteiger partial charge is 0.324 e. The summed E-state index contributed by atoms with van der Waals surface area (Å²) < 4.78 is 33.7. The van der Waals surface area contributed by atoms with Gasteiger partial charge in [0.1, 0.15) is 6.10 Å². The van der Waals surface area contributed by atoms with Crippen LogP contribution in [0.3, 0.4) is 0 Å². The third-order valence-corrected chi connectivity index (χ3v) is 8.84. The summed E-state index contributed by atoms with van der Waals surface area (Å²) in [5, 5.41) is 17.1. The number of aliphatic hydroxyl groups is 1. The highest BCUT2D eigenvalue weighted by molar-refractivity contribution is 7.92. The van der Waals surface area contributed by atoms with E-state index in [4.69, 9.17) is 4.52 Å². The number of carbonyl (C=O) groups excluding carboxylic acids is 1. The van der Waals surface area contributed by atoms with Crippen LogP contribution in [-0.4, -0.2) is 62.3 Å². The molecule has 1 aliphatic rings. The number of anilines is 2. The minimum Gasteiger partial charge on any atom is -0.384 e. The van der Waals surface area contributed by atoms with E-state index in [9.17, 15) is 18.3 Å². The second-order valence-corrected chi connectivity index (χ2v) is 12.5. The van der Waals surface area contributed by atoms with Gasteiger partial charge >= 0.3 is 6.03 Å². The lowest BCUT2D eigenvalue weighted by molar-refractivity contribution is 0.138. The highest BCUT2D eigenvalue weighted by Gasteiger charge is 2.29. The van der Waals surface area contributed by atoms with Gasteiger partial charge in [0.15, 0.2) is 5.76 Å². The molecule has 0 radical (unpaired) electrons. The molecule has 1 atom stereocenters. The maximum Gasteiger partial charge on any atom is 0.324 e. The first-order valence-electron chi connectivity index (χ1n) is 14.9. The van der Waals surface area contributed by atoms with E-state index in [1.165, 1.54) is 37.8 Å². The molecular weight excluding hydrogens is 554 g/mol. The second kappa shape index (κ2) is 15.2. The minimum absolute atomic E-state index is 0.0198. The van der Waals surface area contributed by atoms with Crippen LogP contribution < -0.4 is 14.9 Å². The molecule has 42 heavy (non-hydrogen) atoms. The van der Waals surface area contributed by atoms with Gasteiger partial charge < -0.3 is 19.8 Å². The van der Waals surface area contributed by atoms with E-state index in [2.05, 4.69) is 22.1 Å². The molecule has 1 saturated heterocycles. The van der Waals surface area contributed by atoms with Crippen LogP contribution in [-0.2, 0) is 16.4 Å². The van der Waals surface area contributed by atoms with Crippen LogP contribution in [0.25, 0.3) is 0 Å². The first-order valence-corrected chi connectivity index (χ1v) is 16.4. The summed E-state index contributed by atoms with van der Waals surface area (Å²) in [6.07, 6.45) is 7.05. The van der Waals surface area contributed by atoms with Crippen molar-refractivity contribution in [3.05, 3.63) is 71.6 Å². The molecule has 3 N–H and O–H groups in total. The molecular formula is C31H43N5O5S. The number of sulfonamides is 1. The third-order valence-electron chi connectivity index (χ3n) is 7.44. The van der Waals surface area contributed by atoms with Gasteiger partial charge in [0.25, 0.3) is 10.0 Å². The number of aliphatic hydroxyl groups excluding tert-OH is 1. The van der Waals surface area contributed by atoms with Gasteiger partial charge in [0, 0.05) is 43.6 Å². The molecule has 2 amide bonds. The van der Waals surface area contributed by atoms with Gasteiger partial charge in [-0.1, -0.05) is 56.3 Å². The zero-order valence-electron chi connectivity index (χ0n) is 24.6. The van der Waals surface area contributed by atoms with E-state index in [1.807, 2.05) is 17.0 Å². The number of urea groups is 1. The van der Waals surface area contributed by atoms with Gasteiger partial charge in [-0.15, -0.1) is 0 Å². The van der Waals surface area contributed by atoms with Crippen molar-refractivity contribution in [2.75, 3.05) is 42.3 Å². The van der Waals surface area contributed by atoms with Crippen LogP contribution in [0, 0.1) is 6.92 Å². The van der Waals surface area contributed by atoms with Crippen LogP contribution in [0.2, 0.25) is 0 Å². The fourth-order valence-electron chi connectivity index (χ4n) is 4.98. The number of carbonyl (C=O) groups is 1. The second-order valence-electron chi connectivity index (χ2n) is 10.8. The molecule has 0 bridgehead atoms. The maximum absolute atomic E-state index is 13.0. The molecule has 0 saturated carbocycles. The number of hydrogen-bond donors (Lipinski definition) is 3. The Kier molecular flexibility index (Phi) is 11.4. The van der Waals surface area contributed by atoms with Crippen molar-refractivity contribution in [1.82, 2.24) is 15.4 Å². The molecule has 228 valence electrons. The summed E-state index contributed by atoms with van der Waals surface area (Å²) in [5.41, 5.74) is 2.92. The van der Waals surface area contributed by atoms with E-state index < -0.39 is 16.1 Å². The Morgan fingerprint density at radius 1 is 1.00 bits per heavy atom. The van der Waals surface area contributed by atoms with Crippen molar-refractivity contribution in [3.63, 3.8) is 0 Å². The van der Waals surface area contributed by atoms with Gasteiger partial charge in [-0.3, -0.25) is 9.62 Å².